The summed E-state index contributed by atoms with van der Waals surface area (Å²) in [6.07, 6.45) is 20.0. The molecule has 0 bridgehead atoms. The van der Waals surface area contributed by atoms with E-state index >= 15 is 0 Å². The summed E-state index contributed by atoms with van der Waals surface area (Å²) >= 11 is 1.64. The third-order valence-corrected chi connectivity index (χ3v) is 9.38. The molecule has 4 heteroatoms. The predicted octanol–water partition coefficient (Wildman–Crippen LogP) is 4.79. The van der Waals surface area contributed by atoms with Gasteiger partial charge in [0.05, 0.1) is 0 Å². The van der Waals surface area contributed by atoms with Crippen molar-refractivity contribution in [1.29, 1.82) is 0 Å². The molecule has 0 N–H and O–H groups in total. The van der Waals surface area contributed by atoms with Crippen molar-refractivity contribution in [3.05, 3.63) is 109 Å². The number of allylic oxidation sites excluding steroid dienone is 8. The van der Waals surface area contributed by atoms with Gasteiger partial charge >= 0.3 is 99.8 Å². The van der Waals surface area contributed by atoms with Crippen molar-refractivity contribution in [1.82, 2.24) is 0 Å². The van der Waals surface area contributed by atoms with E-state index in [0.717, 1.165) is 12.8 Å². The van der Waals surface area contributed by atoms with Crippen LogP contribution in [0.3, 0.4) is 0 Å². The van der Waals surface area contributed by atoms with Crippen molar-refractivity contribution in [2.24, 2.45) is 0 Å². The molecule has 2 aromatic rings. The van der Waals surface area contributed by atoms with Crippen LogP contribution in [0.5, 0.6) is 0 Å². The number of rotatable bonds is 2. The van der Waals surface area contributed by atoms with Crippen molar-refractivity contribution >= 4 is 40.6 Å². The second-order valence-corrected chi connectivity index (χ2v) is 10.7. The van der Waals surface area contributed by atoms with Gasteiger partial charge < -0.3 is 0 Å². The van der Waals surface area contributed by atoms with Gasteiger partial charge in [-0.1, -0.05) is 0 Å². The maximum absolute atomic E-state index is 2.99. The van der Waals surface area contributed by atoms with Gasteiger partial charge in [0.1, 0.15) is 0 Å². The van der Waals surface area contributed by atoms with Crippen LogP contribution in [0, 0.1) is 12.2 Å². The first-order valence-corrected chi connectivity index (χ1v) is 13.2. The first-order chi connectivity index (χ1) is 11.9. The fourth-order valence-corrected chi connectivity index (χ4v) is 5.90. The molecule has 2 aliphatic carbocycles. The fraction of sp³-hybridized carbons (Fsp3) is 0.0909. The Labute approximate surface area is 185 Å². The molecule has 0 radical (unpaired) electrons. The van der Waals surface area contributed by atoms with Gasteiger partial charge in [-0.2, -0.15) is 12.2 Å². The van der Waals surface area contributed by atoms with E-state index in [0.29, 0.717) is 0 Å². The molecule has 0 atom stereocenters. The number of hydrogen-bond acceptors (Lipinski definition) is 0. The van der Waals surface area contributed by atoms with Crippen molar-refractivity contribution < 1.29 is 23.3 Å². The van der Waals surface area contributed by atoms with Gasteiger partial charge in [-0.25, -0.2) is 24.3 Å². The van der Waals surface area contributed by atoms with E-state index in [-0.39, 0.29) is 24.8 Å². The van der Waals surface area contributed by atoms with Crippen molar-refractivity contribution in [2.45, 2.75) is 12.8 Å². The Balaban J connectivity index is 0.000000432. The normalized spacial score (nSPS) is 12.1. The first-order valence-electron chi connectivity index (χ1n) is 8.01. The summed E-state index contributed by atoms with van der Waals surface area (Å²) in [5.74, 6) is 0. The number of halogens is 2. The van der Waals surface area contributed by atoms with Crippen LogP contribution < -0.4 is 10.4 Å². The Morgan fingerprint density at radius 2 is 1.04 bits per heavy atom. The van der Waals surface area contributed by atoms with Gasteiger partial charge in [0.2, 0.25) is 0 Å². The summed E-state index contributed by atoms with van der Waals surface area (Å²) in [4.78, 5) is 0. The van der Waals surface area contributed by atoms with Gasteiger partial charge in [0.25, 0.3) is 0 Å². The Hall–Kier alpha value is -0.920. The standard InChI is InChI=1S/C12H10Si.2C5H5.2ClH.Zr/c1-3-7-11(8-4-1)13-12-9-5-2-6-10-12;2*1-2-4-5-3-1;;;/h1-10H;2*1-3H,4H2;2*1H;/q;2*-1;;;+2. The Kier molecular flexibility index (Phi) is 15.7. The molecular formula is C22H22Cl2SiZr. The van der Waals surface area contributed by atoms with E-state index in [2.05, 4.69) is 85.0 Å². The van der Waals surface area contributed by atoms with Gasteiger partial charge in [0.15, 0.2) is 0 Å². The summed E-state index contributed by atoms with van der Waals surface area (Å²) in [7, 11) is 0. The summed E-state index contributed by atoms with van der Waals surface area (Å²) in [5.41, 5.74) is -0.455. The van der Waals surface area contributed by atoms with Crippen LogP contribution in [-0.4, -0.2) is 5.43 Å². The molecule has 0 spiro atoms. The monoisotopic (exact) mass is 474 g/mol. The van der Waals surface area contributed by atoms with Gasteiger partial charge in [-0.05, 0) is 0 Å². The molecule has 4 rings (SSSR count). The van der Waals surface area contributed by atoms with E-state index in [1.54, 1.807) is 23.3 Å². The van der Waals surface area contributed by atoms with E-state index in [1.165, 1.54) is 10.4 Å². The third kappa shape index (κ3) is 10.3. The molecule has 0 aliphatic heterocycles. The van der Waals surface area contributed by atoms with Crippen LogP contribution in [0.25, 0.3) is 0 Å². The minimum atomic E-state index is -0.455. The summed E-state index contributed by atoms with van der Waals surface area (Å²) in [5, 5.41) is 3.03. The molecule has 26 heavy (non-hydrogen) atoms. The summed E-state index contributed by atoms with van der Waals surface area (Å²) in [6.45, 7) is 0. The fourth-order valence-electron chi connectivity index (χ4n) is 2.06. The molecule has 0 fully saturated rings. The second kappa shape index (κ2) is 16.3. The third-order valence-electron chi connectivity index (χ3n) is 3.30. The van der Waals surface area contributed by atoms with Crippen molar-refractivity contribution in [2.75, 3.05) is 0 Å². The Bertz CT molecular complexity index is 652. The molecule has 0 saturated carbocycles. The van der Waals surface area contributed by atoms with Crippen molar-refractivity contribution in [3.8, 4) is 0 Å². The van der Waals surface area contributed by atoms with E-state index < -0.39 is 5.43 Å². The van der Waals surface area contributed by atoms with Crippen molar-refractivity contribution in [3.63, 3.8) is 0 Å². The molecule has 0 saturated heterocycles. The topological polar surface area (TPSA) is 0 Å². The van der Waals surface area contributed by atoms with E-state index in [1.807, 2.05) is 24.3 Å². The molecular weight excluding hydrogens is 454 g/mol. The number of hydrogen-bond donors (Lipinski definition) is 0. The number of benzene rings is 2. The second-order valence-electron chi connectivity index (χ2n) is 5.11. The molecule has 0 amide bonds. The zero-order chi connectivity index (χ0) is 16.9. The molecule has 2 aromatic carbocycles. The molecule has 0 unspecified atom stereocenters. The molecule has 0 nitrogen and oxygen atoms in total. The van der Waals surface area contributed by atoms with Crippen LogP contribution in [0.15, 0.2) is 97.1 Å². The Morgan fingerprint density at radius 1 is 0.654 bits per heavy atom. The van der Waals surface area contributed by atoms with Crippen LogP contribution in [0.4, 0.5) is 0 Å². The molecule has 0 heterocycles. The quantitative estimate of drug-likeness (QED) is 0.432. The first kappa shape index (κ1) is 25.1. The van der Waals surface area contributed by atoms with E-state index in [4.69, 9.17) is 0 Å². The van der Waals surface area contributed by atoms with Crippen LogP contribution in [0.1, 0.15) is 12.8 Å². The van der Waals surface area contributed by atoms with Crippen LogP contribution >= 0.6 is 24.8 Å². The van der Waals surface area contributed by atoms with Gasteiger partial charge in [0, 0.05) is 0 Å². The molecule has 0 aromatic heterocycles. The Morgan fingerprint density at radius 3 is 1.27 bits per heavy atom. The van der Waals surface area contributed by atoms with Crippen LogP contribution in [0.2, 0.25) is 0 Å². The van der Waals surface area contributed by atoms with Gasteiger partial charge in [-0.3, -0.25) is 12.2 Å². The summed E-state index contributed by atoms with van der Waals surface area (Å²) in [6, 6.07) is 21.7. The van der Waals surface area contributed by atoms with Crippen LogP contribution in [-0.2, 0) is 23.3 Å². The summed E-state index contributed by atoms with van der Waals surface area (Å²) < 4.78 is 0. The molecule has 2 aliphatic rings. The minimum absolute atomic E-state index is 0. The SMILES string of the molecule is Cl.Cl.[C-]1=CC=CC1.[C-]1=CC=CC1.[Zr+2]=[Si](c1ccccc1)c1ccccc1. The van der Waals surface area contributed by atoms with Gasteiger partial charge in [-0.15, -0.1) is 37.7 Å². The average molecular weight is 477 g/mol. The maximum atomic E-state index is 2.99. The molecule has 132 valence electrons. The zero-order valence-corrected chi connectivity index (χ0v) is 19.6. The predicted molar refractivity (Wildman–Crippen MR) is 116 cm³/mol. The van der Waals surface area contributed by atoms with E-state index in [9.17, 15) is 0 Å². The average Bonchev–Trinajstić information content (AvgIpc) is 3.41. The zero-order valence-electron chi connectivity index (χ0n) is 14.5.